The van der Waals surface area contributed by atoms with Crippen LogP contribution in [0.5, 0.6) is 0 Å². The van der Waals surface area contributed by atoms with Gasteiger partial charge >= 0.3 is 0 Å². The number of rotatable bonds is 10. The lowest BCUT2D eigenvalue weighted by Crippen LogP contribution is -2.31. The van der Waals surface area contributed by atoms with Crippen molar-refractivity contribution in [3.63, 3.8) is 0 Å². The van der Waals surface area contributed by atoms with Crippen LogP contribution < -0.4 is 0 Å². The summed E-state index contributed by atoms with van der Waals surface area (Å²) in [5, 5.41) is 0. The van der Waals surface area contributed by atoms with Crippen LogP contribution in [-0.2, 0) is 9.47 Å². The predicted molar refractivity (Wildman–Crippen MR) is 139 cm³/mol. The molecule has 1 saturated heterocycles. The number of hydrogen-bond donors (Lipinski definition) is 0. The number of hydrogen-bond acceptors (Lipinski definition) is 2. The highest BCUT2D eigenvalue weighted by Gasteiger charge is 2.24. The van der Waals surface area contributed by atoms with Crippen LogP contribution in [0.4, 0.5) is 0 Å². The molecule has 1 aliphatic heterocycles. The zero-order valence-corrected chi connectivity index (χ0v) is 20.9. The summed E-state index contributed by atoms with van der Waals surface area (Å²) in [4.78, 5) is 0. The van der Waals surface area contributed by atoms with Gasteiger partial charge in [0.25, 0.3) is 0 Å². The summed E-state index contributed by atoms with van der Waals surface area (Å²) >= 11 is 0. The van der Waals surface area contributed by atoms with E-state index in [2.05, 4.69) is 62.4 Å². The fourth-order valence-corrected chi connectivity index (χ4v) is 5.73. The average Bonchev–Trinajstić information content (AvgIpc) is 2.88. The minimum Gasteiger partial charge on any atom is -0.373 e. The Morgan fingerprint density at radius 1 is 0.636 bits per heavy atom. The van der Waals surface area contributed by atoms with Gasteiger partial charge in [0.15, 0.2) is 0 Å². The lowest BCUT2D eigenvalue weighted by atomic mass is 9.77. The minimum absolute atomic E-state index is 0.0659. The van der Waals surface area contributed by atoms with Crippen molar-refractivity contribution < 1.29 is 9.47 Å². The Morgan fingerprint density at radius 3 is 1.88 bits per heavy atom. The third-order valence-corrected chi connectivity index (χ3v) is 7.89. The molecule has 1 saturated carbocycles. The van der Waals surface area contributed by atoms with Gasteiger partial charge in [-0.1, -0.05) is 101 Å². The Labute approximate surface area is 202 Å². The molecule has 2 aromatic rings. The minimum atomic E-state index is 0.0659. The quantitative estimate of drug-likeness (QED) is 0.338. The van der Waals surface area contributed by atoms with Gasteiger partial charge in [-0.25, -0.2) is 0 Å². The summed E-state index contributed by atoms with van der Waals surface area (Å²) < 4.78 is 12.3. The first-order chi connectivity index (χ1) is 16.3. The summed E-state index contributed by atoms with van der Waals surface area (Å²) in [5.74, 6) is 1.73. The van der Waals surface area contributed by atoms with Crippen molar-refractivity contribution in [2.45, 2.75) is 103 Å². The lowest BCUT2D eigenvalue weighted by Gasteiger charge is -2.30. The van der Waals surface area contributed by atoms with Gasteiger partial charge in [-0.15, -0.1) is 0 Å². The predicted octanol–water partition coefficient (Wildman–Crippen LogP) is 8.85. The van der Waals surface area contributed by atoms with Crippen LogP contribution in [-0.4, -0.2) is 19.3 Å². The van der Waals surface area contributed by atoms with Crippen LogP contribution >= 0.6 is 0 Å². The van der Waals surface area contributed by atoms with Crippen molar-refractivity contribution >= 4 is 0 Å². The third-order valence-electron chi connectivity index (χ3n) is 7.89. The average molecular weight is 449 g/mol. The van der Waals surface area contributed by atoms with Crippen molar-refractivity contribution in [3.8, 4) is 11.1 Å². The molecular formula is C31H44O2. The maximum atomic E-state index is 6.16. The molecular weight excluding hydrogens is 404 g/mol. The monoisotopic (exact) mass is 448 g/mol. The maximum absolute atomic E-state index is 6.16. The van der Waals surface area contributed by atoms with Crippen LogP contribution in [0.25, 0.3) is 11.1 Å². The van der Waals surface area contributed by atoms with Crippen LogP contribution in [0.1, 0.15) is 108 Å². The summed E-state index contributed by atoms with van der Waals surface area (Å²) in [6.45, 7) is 5.97. The highest BCUT2D eigenvalue weighted by atomic mass is 16.6. The highest BCUT2D eigenvalue weighted by molar-refractivity contribution is 5.64. The second-order valence-electron chi connectivity index (χ2n) is 10.4. The standard InChI is InChI=1S/C31H44O2/c1-3-5-6-7-9-30-22-33-31(23-32-30)29-20-18-28(19-21-29)27-16-14-26(15-17-27)25-12-10-24(8-4-2)11-13-25/h14-21,24-25,30-31H,3-13,22-23H2,1-2H3/t24?,25?,30-,31-/m1/s1. The highest BCUT2D eigenvalue weighted by Crippen LogP contribution is 2.38. The van der Waals surface area contributed by atoms with Crippen LogP contribution in [0.2, 0.25) is 0 Å². The van der Waals surface area contributed by atoms with Crippen LogP contribution in [0.15, 0.2) is 48.5 Å². The number of ether oxygens (including phenoxy) is 2. The molecule has 2 aromatic carbocycles. The fraction of sp³-hybridized carbons (Fsp3) is 0.613. The molecule has 0 unspecified atom stereocenters. The van der Waals surface area contributed by atoms with Gasteiger partial charge in [-0.2, -0.15) is 0 Å². The van der Waals surface area contributed by atoms with Gasteiger partial charge in [0.2, 0.25) is 0 Å². The molecule has 1 aliphatic carbocycles. The van der Waals surface area contributed by atoms with Gasteiger partial charge in [-0.3, -0.25) is 0 Å². The van der Waals surface area contributed by atoms with E-state index in [0.29, 0.717) is 6.61 Å². The molecule has 2 aliphatic rings. The van der Waals surface area contributed by atoms with Crippen LogP contribution in [0, 0.1) is 5.92 Å². The lowest BCUT2D eigenvalue weighted by molar-refractivity contribution is -0.137. The molecule has 2 atom stereocenters. The molecule has 33 heavy (non-hydrogen) atoms. The molecule has 0 amide bonds. The molecule has 180 valence electrons. The van der Waals surface area contributed by atoms with E-state index in [1.807, 2.05) is 0 Å². The Balaban J connectivity index is 1.26. The smallest absolute Gasteiger partial charge is 0.106 e. The van der Waals surface area contributed by atoms with Gasteiger partial charge < -0.3 is 9.47 Å². The van der Waals surface area contributed by atoms with Crippen molar-refractivity contribution in [2.24, 2.45) is 5.92 Å². The second-order valence-corrected chi connectivity index (χ2v) is 10.4. The summed E-state index contributed by atoms with van der Waals surface area (Å²) in [7, 11) is 0. The molecule has 0 bridgehead atoms. The zero-order valence-electron chi connectivity index (χ0n) is 20.9. The first-order valence-electron chi connectivity index (χ1n) is 13.7. The fourth-order valence-electron chi connectivity index (χ4n) is 5.73. The Kier molecular flexibility index (Phi) is 9.44. The summed E-state index contributed by atoms with van der Waals surface area (Å²) in [5.41, 5.74) is 5.34. The van der Waals surface area contributed by atoms with Crippen molar-refractivity contribution in [1.82, 2.24) is 0 Å². The molecule has 2 heteroatoms. The molecule has 0 spiro atoms. The van der Waals surface area contributed by atoms with E-state index in [1.165, 1.54) is 86.5 Å². The van der Waals surface area contributed by atoms with Gasteiger partial charge in [0.1, 0.15) is 6.10 Å². The second kappa shape index (κ2) is 12.7. The van der Waals surface area contributed by atoms with Gasteiger partial charge in [0.05, 0.1) is 19.3 Å². The van der Waals surface area contributed by atoms with E-state index in [-0.39, 0.29) is 12.2 Å². The topological polar surface area (TPSA) is 18.5 Å². The van der Waals surface area contributed by atoms with Crippen LogP contribution in [0.3, 0.4) is 0 Å². The molecule has 1 heterocycles. The molecule has 2 nitrogen and oxygen atoms in total. The third kappa shape index (κ3) is 6.93. The van der Waals surface area contributed by atoms with Gasteiger partial charge in [0, 0.05) is 0 Å². The van der Waals surface area contributed by atoms with E-state index in [0.717, 1.165) is 24.9 Å². The Hall–Kier alpha value is -1.64. The normalized spacial score (nSPS) is 25.8. The van der Waals surface area contributed by atoms with Gasteiger partial charge in [-0.05, 0) is 66.2 Å². The molecule has 2 fully saturated rings. The maximum Gasteiger partial charge on any atom is 0.106 e. The van der Waals surface area contributed by atoms with E-state index < -0.39 is 0 Å². The summed E-state index contributed by atoms with van der Waals surface area (Å²) in [6, 6.07) is 18.3. The number of unbranched alkanes of at least 4 members (excludes halogenated alkanes) is 3. The van der Waals surface area contributed by atoms with Crippen molar-refractivity contribution in [1.29, 1.82) is 0 Å². The zero-order chi connectivity index (χ0) is 22.9. The molecule has 4 rings (SSSR count). The van der Waals surface area contributed by atoms with E-state index in [4.69, 9.17) is 9.47 Å². The number of benzene rings is 2. The molecule has 0 radical (unpaired) electrons. The van der Waals surface area contributed by atoms with Crippen molar-refractivity contribution in [2.75, 3.05) is 13.2 Å². The molecule has 0 N–H and O–H groups in total. The Bertz CT molecular complexity index is 794. The summed E-state index contributed by atoms with van der Waals surface area (Å²) in [6.07, 6.45) is 14.9. The first-order valence-corrected chi connectivity index (χ1v) is 13.7. The SMILES string of the molecule is CCCCCC[C@@H]1CO[C@@H](c2ccc(-c3ccc(C4CCC(CCC)CC4)cc3)cc2)CO1. The Morgan fingerprint density at radius 2 is 1.30 bits per heavy atom. The van der Waals surface area contributed by atoms with E-state index in [9.17, 15) is 0 Å². The van der Waals surface area contributed by atoms with Crippen molar-refractivity contribution in [3.05, 3.63) is 59.7 Å². The van der Waals surface area contributed by atoms with E-state index in [1.54, 1.807) is 0 Å². The van der Waals surface area contributed by atoms with E-state index >= 15 is 0 Å². The largest absolute Gasteiger partial charge is 0.373 e. The molecule has 0 aromatic heterocycles. The first kappa shape index (κ1) is 24.5.